The lowest BCUT2D eigenvalue weighted by Gasteiger charge is -2.18. The number of esters is 1. The number of nitrogens with one attached hydrogen (secondary N) is 1. The van der Waals surface area contributed by atoms with Crippen LogP contribution in [0.15, 0.2) is 22.8 Å². The molecule has 1 N–H and O–H groups in total. The number of ether oxygens (including phenoxy) is 1. The minimum atomic E-state index is -0.401. The zero-order chi connectivity index (χ0) is 15.7. The Morgan fingerprint density at radius 2 is 2.27 bits per heavy atom. The number of anilines is 1. The molecule has 1 aliphatic rings. The normalized spacial score (nSPS) is 16.9. The van der Waals surface area contributed by atoms with Crippen LogP contribution in [-0.2, 0) is 17.6 Å². The fourth-order valence-electron chi connectivity index (χ4n) is 2.73. The molecule has 0 unspecified atom stereocenters. The van der Waals surface area contributed by atoms with Crippen molar-refractivity contribution in [2.24, 2.45) is 5.92 Å². The molecule has 6 heteroatoms. The van der Waals surface area contributed by atoms with Crippen molar-refractivity contribution in [2.45, 2.75) is 26.2 Å². The van der Waals surface area contributed by atoms with Gasteiger partial charge in [0.15, 0.2) is 5.76 Å². The fraction of sp³-hybridized carbons (Fsp3) is 0.375. The van der Waals surface area contributed by atoms with Crippen molar-refractivity contribution in [1.29, 1.82) is 0 Å². The average molecular weight is 319 g/mol. The lowest BCUT2D eigenvalue weighted by atomic mass is 9.88. The largest absolute Gasteiger partial charge is 0.465 e. The number of fused-ring (bicyclic) bond motifs is 1. The van der Waals surface area contributed by atoms with Crippen LogP contribution in [0.25, 0.3) is 0 Å². The maximum atomic E-state index is 12.2. The van der Waals surface area contributed by atoms with Crippen molar-refractivity contribution in [3.05, 3.63) is 40.2 Å². The Bertz CT molecular complexity index is 702. The molecule has 116 valence electrons. The van der Waals surface area contributed by atoms with E-state index in [0.29, 0.717) is 16.5 Å². The van der Waals surface area contributed by atoms with E-state index in [1.54, 1.807) is 12.1 Å². The Hall–Kier alpha value is -2.08. The lowest BCUT2D eigenvalue weighted by Crippen LogP contribution is -2.15. The van der Waals surface area contributed by atoms with Crippen LogP contribution in [0, 0.1) is 5.92 Å². The van der Waals surface area contributed by atoms with Crippen molar-refractivity contribution in [1.82, 2.24) is 0 Å². The summed E-state index contributed by atoms with van der Waals surface area (Å²) in [6.45, 7) is 2.20. The molecule has 2 aromatic heterocycles. The third kappa shape index (κ3) is 2.66. The Morgan fingerprint density at radius 1 is 1.45 bits per heavy atom. The van der Waals surface area contributed by atoms with Gasteiger partial charge < -0.3 is 14.5 Å². The topological polar surface area (TPSA) is 68.5 Å². The summed E-state index contributed by atoms with van der Waals surface area (Å²) in [7, 11) is 1.36. The summed E-state index contributed by atoms with van der Waals surface area (Å²) in [5, 5.41) is 3.33. The van der Waals surface area contributed by atoms with Crippen LogP contribution in [-0.4, -0.2) is 19.0 Å². The average Bonchev–Trinajstić information content (AvgIpc) is 3.13. The minimum Gasteiger partial charge on any atom is -0.465 e. The smallest absolute Gasteiger partial charge is 0.341 e. The van der Waals surface area contributed by atoms with Gasteiger partial charge in [0.05, 0.1) is 18.9 Å². The molecular weight excluding hydrogens is 302 g/mol. The third-order valence-corrected chi connectivity index (χ3v) is 5.04. The number of furan rings is 1. The van der Waals surface area contributed by atoms with E-state index in [-0.39, 0.29) is 11.7 Å². The predicted molar refractivity (Wildman–Crippen MR) is 83.5 cm³/mol. The zero-order valence-corrected chi connectivity index (χ0v) is 13.3. The predicted octanol–water partition coefficient (Wildman–Crippen LogP) is 3.50. The SMILES string of the molecule is COC(=O)c1c(NC(=O)c2ccco2)sc2c1CC[C@H](C)C2. The van der Waals surface area contributed by atoms with E-state index in [4.69, 9.17) is 9.15 Å². The van der Waals surface area contributed by atoms with E-state index in [1.807, 2.05) is 0 Å². The molecule has 2 heterocycles. The van der Waals surface area contributed by atoms with E-state index < -0.39 is 5.97 Å². The molecule has 2 aromatic rings. The summed E-state index contributed by atoms with van der Waals surface area (Å²) >= 11 is 1.46. The molecule has 0 spiro atoms. The standard InChI is InChI=1S/C16H17NO4S/c1-9-5-6-10-12(8-9)22-15(13(10)16(19)20-2)17-14(18)11-4-3-7-21-11/h3-4,7,9H,5-6,8H2,1-2H3,(H,17,18)/t9-/m0/s1. The molecular formula is C16H17NO4S. The van der Waals surface area contributed by atoms with Crippen LogP contribution >= 0.6 is 11.3 Å². The van der Waals surface area contributed by atoms with Crippen LogP contribution in [0.2, 0.25) is 0 Å². The molecule has 0 aromatic carbocycles. The molecule has 22 heavy (non-hydrogen) atoms. The first-order chi connectivity index (χ1) is 10.6. The molecule has 1 aliphatic carbocycles. The quantitative estimate of drug-likeness (QED) is 0.879. The molecule has 3 rings (SSSR count). The molecule has 1 atom stereocenters. The van der Waals surface area contributed by atoms with Crippen LogP contribution in [0.5, 0.6) is 0 Å². The molecule has 0 fully saturated rings. The van der Waals surface area contributed by atoms with Gasteiger partial charge in [0.1, 0.15) is 5.00 Å². The van der Waals surface area contributed by atoms with E-state index in [0.717, 1.165) is 29.7 Å². The molecule has 0 aliphatic heterocycles. The van der Waals surface area contributed by atoms with E-state index in [2.05, 4.69) is 12.2 Å². The maximum absolute atomic E-state index is 12.2. The van der Waals surface area contributed by atoms with Gasteiger partial charge >= 0.3 is 5.97 Å². The number of carbonyl (C=O) groups excluding carboxylic acids is 2. The highest BCUT2D eigenvalue weighted by Gasteiger charge is 2.29. The summed E-state index contributed by atoms with van der Waals surface area (Å²) in [5.74, 6) is 0.0458. The summed E-state index contributed by atoms with van der Waals surface area (Å²) < 4.78 is 9.98. The Kier molecular flexibility index (Phi) is 4.02. The number of amides is 1. The van der Waals surface area contributed by atoms with Crippen LogP contribution in [0.3, 0.4) is 0 Å². The van der Waals surface area contributed by atoms with Gasteiger partial charge in [-0.2, -0.15) is 0 Å². The highest BCUT2D eigenvalue weighted by atomic mass is 32.1. The summed E-state index contributed by atoms with van der Waals surface area (Å²) in [6.07, 6.45) is 4.26. The van der Waals surface area contributed by atoms with Crippen molar-refractivity contribution < 1.29 is 18.7 Å². The molecule has 1 amide bonds. The third-order valence-electron chi connectivity index (χ3n) is 3.87. The van der Waals surface area contributed by atoms with Crippen LogP contribution in [0.1, 0.15) is 44.7 Å². The zero-order valence-electron chi connectivity index (χ0n) is 12.5. The van der Waals surface area contributed by atoms with Gasteiger partial charge in [-0.3, -0.25) is 4.79 Å². The number of thiophene rings is 1. The Labute approximate surface area is 132 Å². The van der Waals surface area contributed by atoms with Gasteiger partial charge in [0.25, 0.3) is 5.91 Å². The summed E-state index contributed by atoms with van der Waals surface area (Å²) in [6, 6.07) is 3.24. The Morgan fingerprint density at radius 3 is 2.95 bits per heavy atom. The number of hydrogen-bond acceptors (Lipinski definition) is 5. The molecule has 0 radical (unpaired) electrons. The number of hydrogen-bond donors (Lipinski definition) is 1. The molecule has 0 saturated carbocycles. The van der Waals surface area contributed by atoms with Gasteiger partial charge in [0, 0.05) is 4.88 Å². The second kappa shape index (κ2) is 5.96. The number of methoxy groups -OCH3 is 1. The second-order valence-electron chi connectivity index (χ2n) is 5.48. The van der Waals surface area contributed by atoms with E-state index in [1.165, 1.54) is 24.7 Å². The molecule has 0 bridgehead atoms. The second-order valence-corrected chi connectivity index (χ2v) is 6.58. The molecule has 5 nitrogen and oxygen atoms in total. The van der Waals surface area contributed by atoms with Gasteiger partial charge in [-0.1, -0.05) is 6.92 Å². The maximum Gasteiger partial charge on any atom is 0.341 e. The van der Waals surface area contributed by atoms with Gasteiger partial charge in [-0.15, -0.1) is 11.3 Å². The minimum absolute atomic E-state index is 0.218. The van der Waals surface area contributed by atoms with Crippen LogP contribution < -0.4 is 5.32 Å². The lowest BCUT2D eigenvalue weighted by molar-refractivity contribution is 0.0601. The van der Waals surface area contributed by atoms with Gasteiger partial charge in [-0.05, 0) is 42.9 Å². The van der Waals surface area contributed by atoms with E-state index >= 15 is 0 Å². The van der Waals surface area contributed by atoms with Crippen molar-refractivity contribution in [3.8, 4) is 0 Å². The highest BCUT2D eigenvalue weighted by molar-refractivity contribution is 7.17. The highest BCUT2D eigenvalue weighted by Crippen LogP contribution is 2.40. The monoisotopic (exact) mass is 319 g/mol. The first-order valence-electron chi connectivity index (χ1n) is 7.17. The van der Waals surface area contributed by atoms with Crippen molar-refractivity contribution in [3.63, 3.8) is 0 Å². The van der Waals surface area contributed by atoms with Crippen LogP contribution in [0.4, 0.5) is 5.00 Å². The van der Waals surface area contributed by atoms with Gasteiger partial charge in [-0.25, -0.2) is 4.79 Å². The fourth-order valence-corrected chi connectivity index (χ4v) is 4.12. The number of carbonyl (C=O) groups is 2. The molecule has 0 saturated heterocycles. The van der Waals surface area contributed by atoms with Crippen molar-refractivity contribution >= 4 is 28.2 Å². The van der Waals surface area contributed by atoms with Gasteiger partial charge in [0.2, 0.25) is 0 Å². The van der Waals surface area contributed by atoms with Crippen molar-refractivity contribution in [2.75, 3.05) is 12.4 Å². The first-order valence-corrected chi connectivity index (χ1v) is 7.99. The Balaban J connectivity index is 1.96. The van der Waals surface area contributed by atoms with E-state index in [9.17, 15) is 9.59 Å². The first kappa shape index (κ1) is 14.8. The number of rotatable bonds is 3. The summed E-state index contributed by atoms with van der Waals surface area (Å²) in [5.41, 5.74) is 1.51. The summed E-state index contributed by atoms with van der Waals surface area (Å²) in [4.78, 5) is 25.5.